The molecule has 2 fully saturated rings. The van der Waals surface area contributed by atoms with Crippen molar-refractivity contribution in [2.45, 2.75) is 25.9 Å². The third-order valence-corrected chi connectivity index (χ3v) is 5.28. The number of rotatable bonds is 2. The summed E-state index contributed by atoms with van der Waals surface area (Å²) in [5.41, 5.74) is 2.02. The molecule has 2 N–H and O–H groups in total. The van der Waals surface area contributed by atoms with Crippen LogP contribution in [0, 0.1) is 18.8 Å². The molecule has 1 aromatic carbocycles. The number of carbonyl (C=O) groups excluding carboxylic acids is 2. The van der Waals surface area contributed by atoms with E-state index in [4.69, 9.17) is 0 Å². The number of piperidine rings is 1. The van der Waals surface area contributed by atoms with Crippen LogP contribution in [0.5, 0.6) is 0 Å². The van der Waals surface area contributed by atoms with E-state index in [1.54, 1.807) is 31.1 Å². The average molecular weight is 331 g/mol. The fourth-order valence-corrected chi connectivity index (χ4v) is 3.80. The smallest absolute Gasteiger partial charge is 0.321 e. The Kier molecular flexibility index (Phi) is 4.49. The molecule has 3 rings (SSSR count). The van der Waals surface area contributed by atoms with Crippen LogP contribution in [0.25, 0.3) is 0 Å². The van der Waals surface area contributed by atoms with E-state index >= 15 is 0 Å². The molecule has 1 aromatic rings. The van der Waals surface area contributed by atoms with Gasteiger partial charge in [0.15, 0.2) is 0 Å². The third kappa shape index (κ3) is 2.98. The molecule has 1 saturated carbocycles. The van der Waals surface area contributed by atoms with Crippen LogP contribution in [-0.4, -0.2) is 60.1 Å². The van der Waals surface area contributed by atoms with Gasteiger partial charge in [0.2, 0.25) is 0 Å². The number of fused-ring (bicyclic) bond motifs is 2. The number of hydrogen-bond donors (Lipinski definition) is 2. The lowest BCUT2D eigenvalue weighted by Crippen LogP contribution is -2.48. The van der Waals surface area contributed by atoms with Crippen LogP contribution in [0.15, 0.2) is 18.2 Å². The standard InChI is InChI=1S/C18H25N3O3/c1-11-14(17(23)20(2)3)5-4-6-15(11)19-18(24)21-9-12-7-8-13(10-21)16(12)22/h4-6,12-13,16,22H,7-10H2,1-3H3,(H,19,24)/t12-,13+,16?. The van der Waals surface area contributed by atoms with E-state index in [1.807, 2.05) is 13.0 Å². The van der Waals surface area contributed by atoms with Gasteiger partial charge in [0.25, 0.3) is 5.91 Å². The summed E-state index contributed by atoms with van der Waals surface area (Å²) in [6.07, 6.45) is 1.71. The summed E-state index contributed by atoms with van der Waals surface area (Å²) in [5.74, 6) is 0.303. The summed E-state index contributed by atoms with van der Waals surface area (Å²) in [6, 6.07) is 5.21. The maximum absolute atomic E-state index is 12.6. The lowest BCUT2D eigenvalue weighted by Gasteiger charge is -2.35. The van der Waals surface area contributed by atoms with Crippen molar-refractivity contribution in [3.05, 3.63) is 29.3 Å². The molecule has 2 bridgehead atoms. The normalized spacial score (nSPS) is 25.5. The first-order valence-corrected chi connectivity index (χ1v) is 8.43. The van der Waals surface area contributed by atoms with Crippen molar-refractivity contribution in [1.82, 2.24) is 9.80 Å². The molecule has 0 radical (unpaired) electrons. The fraction of sp³-hybridized carbons (Fsp3) is 0.556. The van der Waals surface area contributed by atoms with Gasteiger partial charge in [0.05, 0.1) is 6.10 Å². The second-order valence-electron chi connectivity index (χ2n) is 7.10. The zero-order chi connectivity index (χ0) is 17.4. The van der Waals surface area contributed by atoms with Crippen molar-refractivity contribution < 1.29 is 14.7 Å². The van der Waals surface area contributed by atoms with Gasteiger partial charge in [0, 0.05) is 50.3 Å². The summed E-state index contributed by atoms with van der Waals surface area (Å²) in [7, 11) is 3.42. The SMILES string of the molecule is Cc1c(NC(=O)N2C[C@H]3CC[C@@H](C2)C3O)cccc1C(=O)N(C)C. The van der Waals surface area contributed by atoms with Crippen LogP contribution >= 0.6 is 0 Å². The number of urea groups is 1. The zero-order valence-electron chi connectivity index (χ0n) is 14.5. The lowest BCUT2D eigenvalue weighted by molar-refractivity contribution is 0.0326. The van der Waals surface area contributed by atoms with Gasteiger partial charge in [-0.25, -0.2) is 4.79 Å². The highest BCUT2D eigenvalue weighted by molar-refractivity contribution is 5.98. The molecule has 1 aliphatic carbocycles. The highest BCUT2D eigenvalue weighted by atomic mass is 16.3. The van der Waals surface area contributed by atoms with Crippen LogP contribution in [0.4, 0.5) is 10.5 Å². The lowest BCUT2D eigenvalue weighted by atomic mass is 9.95. The first kappa shape index (κ1) is 16.8. The summed E-state index contributed by atoms with van der Waals surface area (Å²) in [4.78, 5) is 28.1. The highest BCUT2D eigenvalue weighted by Gasteiger charge is 2.42. The Balaban J connectivity index is 1.73. The monoisotopic (exact) mass is 331 g/mol. The Morgan fingerprint density at radius 2 is 1.83 bits per heavy atom. The highest BCUT2D eigenvalue weighted by Crippen LogP contribution is 2.37. The number of anilines is 1. The molecular weight excluding hydrogens is 306 g/mol. The molecule has 1 unspecified atom stereocenters. The number of carbonyl (C=O) groups is 2. The van der Waals surface area contributed by atoms with Crippen LogP contribution in [-0.2, 0) is 0 Å². The van der Waals surface area contributed by atoms with Gasteiger partial charge < -0.3 is 20.2 Å². The molecule has 1 aliphatic heterocycles. The molecule has 3 atom stereocenters. The number of likely N-dealkylation sites (tertiary alicyclic amines) is 1. The van der Waals surface area contributed by atoms with Crippen molar-refractivity contribution in [3.8, 4) is 0 Å². The van der Waals surface area contributed by atoms with Gasteiger partial charge in [-0.2, -0.15) is 0 Å². The quantitative estimate of drug-likeness (QED) is 0.870. The van der Waals surface area contributed by atoms with Gasteiger partial charge in [-0.15, -0.1) is 0 Å². The number of aliphatic hydroxyl groups excluding tert-OH is 1. The average Bonchev–Trinajstić information content (AvgIpc) is 2.76. The van der Waals surface area contributed by atoms with Gasteiger partial charge in [-0.1, -0.05) is 6.07 Å². The summed E-state index contributed by atoms with van der Waals surface area (Å²) < 4.78 is 0. The third-order valence-electron chi connectivity index (χ3n) is 5.28. The molecule has 3 amide bonds. The van der Waals surface area contributed by atoms with E-state index in [-0.39, 0.29) is 29.9 Å². The largest absolute Gasteiger partial charge is 0.392 e. The molecule has 1 saturated heterocycles. The fourth-order valence-electron chi connectivity index (χ4n) is 3.80. The molecule has 6 heteroatoms. The van der Waals surface area contributed by atoms with E-state index in [1.165, 1.54) is 4.90 Å². The van der Waals surface area contributed by atoms with Gasteiger partial charge >= 0.3 is 6.03 Å². The van der Waals surface area contributed by atoms with Crippen molar-refractivity contribution >= 4 is 17.6 Å². The van der Waals surface area contributed by atoms with Crippen molar-refractivity contribution in [1.29, 1.82) is 0 Å². The summed E-state index contributed by atoms with van der Waals surface area (Å²) in [6.45, 7) is 3.04. The second kappa shape index (κ2) is 6.43. The van der Waals surface area contributed by atoms with Crippen molar-refractivity contribution in [3.63, 3.8) is 0 Å². The predicted molar refractivity (Wildman–Crippen MR) is 92.0 cm³/mol. The predicted octanol–water partition coefficient (Wildman–Crippen LogP) is 1.93. The van der Waals surface area contributed by atoms with Crippen molar-refractivity contribution in [2.24, 2.45) is 11.8 Å². The van der Waals surface area contributed by atoms with E-state index in [0.29, 0.717) is 24.3 Å². The number of nitrogens with one attached hydrogen (secondary N) is 1. The van der Waals surface area contributed by atoms with E-state index in [0.717, 1.165) is 18.4 Å². The first-order valence-electron chi connectivity index (χ1n) is 8.43. The topological polar surface area (TPSA) is 72.9 Å². The molecule has 1 heterocycles. The maximum Gasteiger partial charge on any atom is 0.321 e. The number of benzene rings is 1. The minimum atomic E-state index is -0.267. The van der Waals surface area contributed by atoms with Gasteiger partial charge in [0.1, 0.15) is 0 Å². The first-order chi connectivity index (χ1) is 11.4. The molecule has 24 heavy (non-hydrogen) atoms. The van der Waals surface area contributed by atoms with Gasteiger partial charge in [-0.3, -0.25) is 4.79 Å². The minimum Gasteiger partial charge on any atom is -0.392 e. The summed E-state index contributed by atoms with van der Waals surface area (Å²) >= 11 is 0. The second-order valence-corrected chi connectivity index (χ2v) is 7.10. The van der Waals surface area contributed by atoms with Crippen LogP contribution in [0.1, 0.15) is 28.8 Å². The van der Waals surface area contributed by atoms with Crippen LogP contribution in [0.3, 0.4) is 0 Å². The van der Waals surface area contributed by atoms with Gasteiger partial charge in [-0.05, 0) is 37.5 Å². The molecule has 0 spiro atoms. The molecule has 6 nitrogen and oxygen atoms in total. The molecular formula is C18H25N3O3. The minimum absolute atomic E-state index is 0.0808. The Morgan fingerprint density at radius 1 is 1.21 bits per heavy atom. The Hall–Kier alpha value is -2.08. The number of aliphatic hydroxyl groups is 1. The van der Waals surface area contributed by atoms with Crippen LogP contribution < -0.4 is 5.32 Å². The van der Waals surface area contributed by atoms with Crippen LogP contribution in [0.2, 0.25) is 0 Å². The Morgan fingerprint density at radius 3 is 2.42 bits per heavy atom. The number of nitrogens with zero attached hydrogens (tertiary/aromatic N) is 2. The molecule has 2 aliphatic rings. The molecule has 0 aromatic heterocycles. The van der Waals surface area contributed by atoms with Crippen molar-refractivity contribution in [2.75, 3.05) is 32.5 Å². The Bertz CT molecular complexity index is 645. The Labute approximate surface area is 142 Å². The maximum atomic E-state index is 12.6. The van der Waals surface area contributed by atoms with E-state index < -0.39 is 0 Å². The summed E-state index contributed by atoms with van der Waals surface area (Å²) in [5, 5.41) is 13.0. The van der Waals surface area contributed by atoms with E-state index in [9.17, 15) is 14.7 Å². The van der Waals surface area contributed by atoms with E-state index in [2.05, 4.69) is 5.32 Å². The number of amides is 3. The number of hydrogen-bond acceptors (Lipinski definition) is 3. The zero-order valence-corrected chi connectivity index (χ0v) is 14.5. The molecule has 130 valence electrons.